The van der Waals surface area contributed by atoms with Crippen LogP contribution in [0.5, 0.6) is 0 Å². The molecule has 5 rings (SSSR count). The Morgan fingerprint density at radius 3 is 2.51 bits per heavy atom. The van der Waals surface area contributed by atoms with Crippen LogP contribution in [-0.4, -0.2) is 48.3 Å². The number of nitrogens with one attached hydrogen (secondary N) is 3. The molecule has 1 unspecified atom stereocenters. The third kappa shape index (κ3) is 5.17. The van der Waals surface area contributed by atoms with E-state index in [1.54, 1.807) is 30.3 Å². The fourth-order valence-electron chi connectivity index (χ4n) is 3.94. The summed E-state index contributed by atoms with van der Waals surface area (Å²) >= 11 is 7.23. The molecule has 1 fully saturated rings. The molecule has 180 valence electrons. The summed E-state index contributed by atoms with van der Waals surface area (Å²) in [6, 6.07) is 16.4. The van der Waals surface area contributed by atoms with Crippen molar-refractivity contribution < 1.29 is 14.3 Å². The van der Waals surface area contributed by atoms with Crippen LogP contribution >= 0.6 is 22.9 Å². The number of aromatic amines is 1. The van der Waals surface area contributed by atoms with Crippen LogP contribution in [0, 0.1) is 0 Å². The zero-order valence-electron chi connectivity index (χ0n) is 19.0. The fraction of sp³-hybridized carbons (Fsp3) is 0.240. The van der Waals surface area contributed by atoms with E-state index in [0.717, 1.165) is 24.3 Å². The lowest BCUT2D eigenvalue weighted by Crippen LogP contribution is -2.36. The van der Waals surface area contributed by atoms with Crippen molar-refractivity contribution in [3.8, 4) is 0 Å². The lowest BCUT2D eigenvalue weighted by molar-refractivity contribution is 0.0943. The zero-order chi connectivity index (χ0) is 24.4. The topological polar surface area (TPSA) is 99.3 Å². The highest BCUT2D eigenvalue weighted by Crippen LogP contribution is 2.31. The van der Waals surface area contributed by atoms with Gasteiger partial charge in [-0.15, -0.1) is 11.3 Å². The van der Waals surface area contributed by atoms with E-state index in [1.807, 2.05) is 31.2 Å². The quantitative estimate of drug-likeness (QED) is 0.345. The van der Waals surface area contributed by atoms with Gasteiger partial charge < -0.3 is 20.3 Å². The summed E-state index contributed by atoms with van der Waals surface area (Å²) in [5.41, 5.74) is 3.25. The number of carbonyl (C=O) groups is 2. The molecule has 0 radical (unpaired) electrons. The Labute approximate surface area is 211 Å². The number of rotatable bonds is 6. The van der Waals surface area contributed by atoms with Crippen LogP contribution in [0.3, 0.4) is 0 Å². The van der Waals surface area contributed by atoms with E-state index < -0.39 is 0 Å². The predicted octanol–water partition coefficient (Wildman–Crippen LogP) is 4.86. The number of carbonyl (C=O) groups excluding carboxylic acids is 2. The molecular weight excluding hydrogens is 486 g/mol. The number of fused-ring (bicyclic) bond motifs is 1. The number of hydrogen-bond donors (Lipinski definition) is 3. The minimum absolute atomic E-state index is 0.182. The average molecular weight is 510 g/mol. The summed E-state index contributed by atoms with van der Waals surface area (Å²) in [6.45, 7) is 5.00. The first-order valence-electron chi connectivity index (χ1n) is 11.3. The van der Waals surface area contributed by atoms with Gasteiger partial charge in [0.2, 0.25) is 0 Å². The summed E-state index contributed by atoms with van der Waals surface area (Å²) in [5, 5.41) is 13.6. The monoisotopic (exact) mass is 509 g/mol. The molecule has 0 spiro atoms. The Morgan fingerprint density at radius 1 is 1.09 bits per heavy atom. The van der Waals surface area contributed by atoms with Crippen molar-refractivity contribution in [1.29, 1.82) is 0 Å². The van der Waals surface area contributed by atoms with E-state index in [-0.39, 0.29) is 17.9 Å². The second-order valence-electron chi connectivity index (χ2n) is 8.27. The van der Waals surface area contributed by atoms with Gasteiger partial charge in [0.15, 0.2) is 5.82 Å². The average Bonchev–Trinajstić information content (AvgIpc) is 3.47. The Hall–Kier alpha value is -3.40. The smallest absolute Gasteiger partial charge is 0.261 e. The summed E-state index contributed by atoms with van der Waals surface area (Å²) in [7, 11) is 0. The number of ether oxygens (including phenoxy) is 1. The van der Waals surface area contributed by atoms with Crippen LogP contribution in [0.1, 0.15) is 38.6 Å². The summed E-state index contributed by atoms with van der Waals surface area (Å²) in [5.74, 6) is -0.0576. The maximum atomic E-state index is 12.8. The minimum Gasteiger partial charge on any atom is -0.378 e. The number of morpholine rings is 1. The first kappa shape index (κ1) is 23.3. The number of anilines is 2. The molecule has 8 nitrogen and oxygen atoms in total. The third-order valence-corrected chi connectivity index (χ3v) is 7.31. The molecule has 0 aliphatic carbocycles. The van der Waals surface area contributed by atoms with Crippen LogP contribution in [0.2, 0.25) is 5.02 Å². The normalized spacial score (nSPS) is 14.6. The largest absolute Gasteiger partial charge is 0.378 e. The molecule has 1 saturated heterocycles. The van der Waals surface area contributed by atoms with E-state index in [9.17, 15) is 9.59 Å². The van der Waals surface area contributed by atoms with E-state index in [1.165, 1.54) is 11.3 Å². The molecular formula is C25H24ClN5O3S. The SMILES string of the molecule is CC(NC(=O)c1cc2[nH]nc(NC(=O)c3ccc(N4CCOCC4)cc3)c2s1)c1ccc(Cl)cc1. The zero-order valence-corrected chi connectivity index (χ0v) is 20.6. The minimum atomic E-state index is -0.261. The van der Waals surface area contributed by atoms with Crippen molar-refractivity contribution in [1.82, 2.24) is 15.5 Å². The Kier molecular flexibility index (Phi) is 6.72. The molecule has 2 aromatic carbocycles. The summed E-state index contributed by atoms with van der Waals surface area (Å²) < 4.78 is 6.11. The summed E-state index contributed by atoms with van der Waals surface area (Å²) in [6.07, 6.45) is 0. The van der Waals surface area contributed by atoms with Crippen molar-refractivity contribution in [3.63, 3.8) is 0 Å². The van der Waals surface area contributed by atoms with Crippen LogP contribution in [-0.2, 0) is 4.74 Å². The van der Waals surface area contributed by atoms with Gasteiger partial charge in [-0.25, -0.2) is 0 Å². The first-order valence-corrected chi connectivity index (χ1v) is 12.5. The van der Waals surface area contributed by atoms with E-state index in [4.69, 9.17) is 16.3 Å². The molecule has 0 saturated carbocycles. The van der Waals surface area contributed by atoms with E-state index in [2.05, 4.69) is 25.7 Å². The first-order chi connectivity index (χ1) is 17.0. The van der Waals surface area contributed by atoms with Crippen molar-refractivity contribution in [2.24, 2.45) is 0 Å². The summed E-state index contributed by atoms with van der Waals surface area (Å²) in [4.78, 5) is 28.4. The number of amides is 2. The molecule has 2 aromatic heterocycles. The van der Waals surface area contributed by atoms with Gasteiger partial charge in [-0.3, -0.25) is 14.7 Å². The van der Waals surface area contributed by atoms with Gasteiger partial charge in [0, 0.05) is 29.4 Å². The number of benzene rings is 2. The van der Waals surface area contributed by atoms with Crippen molar-refractivity contribution >= 4 is 56.5 Å². The van der Waals surface area contributed by atoms with Gasteiger partial charge >= 0.3 is 0 Å². The highest BCUT2D eigenvalue weighted by molar-refractivity contribution is 7.21. The molecule has 1 atom stereocenters. The van der Waals surface area contributed by atoms with Gasteiger partial charge in [0.05, 0.1) is 34.3 Å². The Balaban J connectivity index is 1.26. The van der Waals surface area contributed by atoms with Gasteiger partial charge in [-0.1, -0.05) is 23.7 Å². The number of nitrogens with zero attached hydrogens (tertiary/aromatic N) is 2. The van der Waals surface area contributed by atoms with Crippen LogP contribution in [0.4, 0.5) is 11.5 Å². The highest BCUT2D eigenvalue weighted by Gasteiger charge is 2.19. The molecule has 2 amide bonds. The van der Waals surface area contributed by atoms with Crippen LogP contribution in [0.25, 0.3) is 10.2 Å². The molecule has 4 aromatic rings. The number of halogens is 1. The van der Waals surface area contributed by atoms with Gasteiger partial charge in [-0.2, -0.15) is 5.10 Å². The maximum absolute atomic E-state index is 12.8. The molecule has 1 aliphatic heterocycles. The second-order valence-corrected chi connectivity index (χ2v) is 9.76. The van der Waals surface area contributed by atoms with Crippen molar-refractivity contribution in [3.05, 3.63) is 75.6 Å². The lowest BCUT2D eigenvalue weighted by Gasteiger charge is -2.28. The second kappa shape index (κ2) is 10.1. The van der Waals surface area contributed by atoms with E-state index in [0.29, 0.717) is 44.7 Å². The maximum Gasteiger partial charge on any atom is 0.261 e. The van der Waals surface area contributed by atoms with Gasteiger partial charge in [-0.05, 0) is 55.0 Å². The molecule has 1 aliphatic rings. The number of hydrogen-bond acceptors (Lipinski definition) is 6. The lowest BCUT2D eigenvalue weighted by atomic mass is 10.1. The van der Waals surface area contributed by atoms with Gasteiger partial charge in [0.1, 0.15) is 0 Å². The predicted molar refractivity (Wildman–Crippen MR) is 139 cm³/mol. The molecule has 10 heteroatoms. The molecule has 3 heterocycles. The molecule has 0 bridgehead atoms. The van der Waals surface area contributed by atoms with Crippen molar-refractivity contribution in [2.45, 2.75) is 13.0 Å². The molecule has 3 N–H and O–H groups in total. The van der Waals surface area contributed by atoms with Crippen LogP contribution < -0.4 is 15.5 Å². The fourth-order valence-corrected chi connectivity index (χ4v) is 5.02. The Morgan fingerprint density at radius 2 is 1.80 bits per heavy atom. The third-order valence-electron chi connectivity index (χ3n) is 5.91. The Bertz CT molecular complexity index is 1340. The van der Waals surface area contributed by atoms with Crippen LogP contribution in [0.15, 0.2) is 54.6 Å². The number of aromatic nitrogens is 2. The van der Waals surface area contributed by atoms with Crippen molar-refractivity contribution in [2.75, 3.05) is 36.5 Å². The number of thiophene rings is 1. The van der Waals surface area contributed by atoms with E-state index >= 15 is 0 Å². The molecule has 35 heavy (non-hydrogen) atoms. The standard InChI is InChI=1S/C25H24ClN5O3S/c1-15(16-2-6-18(26)7-3-16)27-25(33)21-14-20-22(35-21)23(30-29-20)28-24(32)17-4-8-19(9-5-17)31-10-12-34-13-11-31/h2-9,14-15H,10-13H2,1H3,(H,27,33)(H2,28,29,30,32). The highest BCUT2D eigenvalue weighted by atomic mass is 35.5. The number of H-pyrrole nitrogens is 1. The van der Waals surface area contributed by atoms with Gasteiger partial charge in [0.25, 0.3) is 11.8 Å².